The molecule has 6 heteroatoms. The van der Waals surface area contributed by atoms with Crippen molar-refractivity contribution < 1.29 is 14.3 Å². The fourth-order valence-electron chi connectivity index (χ4n) is 2.37. The molecule has 2 aliphatic rings. The summed E-state index contributed by atoms with van der Waals surface area (Å²) in [5, 5.41) is 4.06. The predicted molar refractivity (Wildman–Crippen MR) is 73.9 cm³/mol. The topological polar surface area (TPSA) is 71.0 Å². The van der Waals surface area contributed by atoms with Crippen molar-refractivity contribution >= 4 is 23.2 Å². The molecule has 20 heavy (non-hydrogen) atoms. The maximum atomic E-state index is 11.9. The summed E-state index contributed by atoms with van der Waals surface area (Å²) in [6.07, 6.45) is 0.558. The number of hydrogen-bond donors (Lipinski definition) is 1. The van der Waals surface area contributed by atoms with E-state index in [-0.39, 0.29) is 11.8 Å². The van der Waals surface area contributed by atoms with Gasteiger partial charge in [0.15, 0.2) is 6.10 Å². The molecule has 1 unspecified atom stereocenters. The van der Waals surface area contributed by atoms with Crippen molar-refractivity contribution in [3.8, 4) is 5.75 Å². The number of hydrazone groups is 1. The summed E-state index contributed by atoms with van der Waals surface area (Å²) >= 11 is 0. The number of fused-ring (bicyclic) bond motifs is 1. The Morgan fingerprint density at radius 1 is 1.35 bits per heavy atom. The molecule has 0 fully saturated rings. The van der Waals surface area contributed by atoms with Crippen LogP contribution in [0.5, 0.6) is 5.75 Å². The van der Waals surface area contributed by atoms with Crippen LogP contribution in [0.3, 0.4) is 0 Å². The van der Waals surface area contributed by atoms with E-state index >= 15 is 0 Å². The van der Waals surface area contributed by atoms with Gasteiger partial charge in [-0.05, 0) is 25.1 Å². The minimum Gasteiger partial charge on any atom is -0.479 e. The van der Waals surface area contributed by atoms with E-state index in [4.69, 9.17) is 4.74 Å². The Morgan fingerprint density at radius 3 is 2.85 bits per heavy atom. The number of ether oxygens (including phenoxy) is 1. The largest absolute Gasteiger partial charge is 0.479 e. The van der Waals surface area contributed by atoms with E-state index < -0.39 is 6.10 Å². The first-order valence-electron chi connectivity index (χ1n) is 6.50. The van der Waals surface area contributed by atoms with Crippen LogP contribution in [0, 0.1) is 0 Å². The second-order valence-corrected chi connectivity index (χ2v) is 4.93. The number of carbonyl (C=O) groups is 2. The lowest BCUT2D eigenvalue weighted by Crippen LogP contribution is -2.42. The Bertz CT molecular complexity index is 624. The van der Waals surface area contributed by atoms with Crippen LogP contribution >= 0.6 is 0 Å². The third-order valence-corrected chi connectivity index (χ3v) is 3.54. The summed E-state index contributed by atoms with van der Waals surface area (Å²) in [5.41, 5.74) is 4.90. The number of amides is 2. The number of carbonyl (C=O) groups excluding carboxylic acids is 2. The van der Waals surface area contributed by atoms with Crippen molar-refractivity contribution in [2.24, 2.45) is 5.10 Å². The highest BCUT2D eigenvalue weighted by molar-refractivity contribution is 6.06. The first-order chi connectivity index (χ1) is 9.56. The van der Waals surface area contributed by atoms with Gasteiger partial charge < -0.3 is 9.64 Å². The molecule has 0 saturated heterocycles. The Hall–Kier alpha value is -2.37. The summed E-state index contributed by atoms with van der Waals surface area (Å²) in [6, 6.07) is 5.60. The number of rotatable bonds is 1. The summed E-state index contributed by atoms with van der Waals surface area (Å²) in [4.78, 5) is 24.6. The number of benzene rings is 1. The van der Waals surface area contributed by atoms with Gasteiger partial charge >= 0.3 is 0 Å². The lowest BCUT2D eigenvalue weighted by molar-refractivity contribution is -0.125. The lowest BCUT2D eigenvalue weighted by atomic mass is 10.0. The van der Waals surface area contributed by atoms with E-state index in [0.29, 0.717) is 18.6 Å². The molecule has 6 nitrogen and oxygen atoms in total. The van der Waals surface area contributed by atoms with E-state index in [1.54, 1.807) is 18.9 Å². The zero-order valence-electron chi connectivity index (χ0n) is 11.3. The molecule has 1 aromatic carbocycles. The zero-order chi connectivity index (χ0) is 14.3. The van der Waals surface area contributed by atoms with Crippen molar-refractivity contribution in [2.45, 2.75) is 25.9 Å². The molecule has 1 atom stereocenters. The van der Waals surface area contributed by atoms with Gasteiger partial charge in [-0.3, -0.25) is 9.59 Å². The minimum absolute atomic E-state index is 0.0730. The minimum atomic E-state index is -0.468. The molecule has 0 aromatic heterocycles. The first kappa shape index (κ1) is 12.7. The van der Waals surface area contributed by atoms with E-state index in [1.165, 1.54) is 0 Å². The second kappa shape index (κ2) is 4.63. The van der Waals surface area contributed by atoms with Crippen LogP contribution in [0.25, 0.3) is 0 Å². The van der Waals surface area contributed by atoms with E-state index in [0.717, 1.165) is 17.0 Å². The molecule has 2 aliphatic heterocycles. The van der Waals surface area contributed by atoms with Crippen molar-refractivity contribution in [3.63, 3.8) is 0 Å². The van der Waals surface area contributed by atoms with Crippen LogP contribution in [0.2, 0.25) is 0 Å². The third-order valence-electron chi connectivity index (χ3n) is 3.54. The van der Waals surface area contributed by atoms with Gasteiger partial charge in [-0.15, -0.1) is 0 Å². The number of hydrogen-bond acceptors (Lipinski definition) is 4. The average Bonchev–Trinajstić information content (AvgIpc) is 2.46. The highest BCUT2D eigenvalue weighted by Gasteiger charge is 2.29. The smallest absolute Gasteiger partial charge is 0.267 e. The summed E-state index contributed by atoms with van der Waals surface area (Å²) in [6.45, 7) is 1.73. The Balaban J connectivity index is 1.97. The second-order valence-electron chi connectivity index (χ2n) is 4.93. The molecule has 1 N–H and O–H groups in total. The number of nitrogens with zero attached hydrogens (tertiary/aromatic N) is 2. The quantitative estimate of drug-likeness (QED) is 0.831. The molecule has 0 saturated carbocycles. The Morgan fingerprint density at radius 2 is 2.15 bits per heavy atom. The van der Waals surface area contributed by atoms with Gasteiger partial charge in [0.25, 0.3) is 5.91 Å². The van der Waals surface area contributed by atoms with Crippen molar-refractivity contribution in [2.75, 3.05) is 11.9 Å². The molecule has 0 bridgehead atoms. The van der Waals surface area contributed by atoms with Crippen LogP contribution < -0.4 is 15.1 Å². The van der Waals surface area contributed by atoms with Gasteiger partial charge in [-0.25, -0.2) is 5.43 Å². The van der Waals surface area contributed by atoms with Crippen LogP contribution in [-0.2, 0) is 9.59 Å². The molecule has 2 amide bonds. The first-order valence-corrected chi connectivity index (χ1v) is 6.50. The maximum Gasteiger partial charge on any atom is 0.267 e. The summed E-state index contributed by atoms with van der Waals surface area (Å²) in [5.74, 6) is 0.536. The van der Waals surface area contributed by atoms with Gasteiger partial charge in [0.1, 0.15) is 5.75 Å². The Kier molecular flexibility index (Phi) is 2.93. The molecule has 0 spiro atoms. The number of anilines is 1. The molecular weight excluding hydrogens is 258 g/mol. The van der Waals surface area contributed by atoms with Crippen LogP contribution in [-0.4, -0.2) is 30.7 Å². The van der Waals surface area contributed by atoms with E-state index in [9.17, 15) is 9.59 Å². The molecule has 2 heterocycles. The van der Waals surface area contributed by atoms with Gasteiger partial charge in [-0.1, -0.05) is 0 Å². The SMILES string of the molecule is CC1Oc2ccc(C3=NNC(=O)CC3)cc2N(C)C1=O. The molecule has 0 aliphatic carbocycles. The normalized spacial score (nSPS) is 21.8. The summed E-state index contributed by atoms with van der Waals surface area (Å²) < 4.78 is 5.57. The van der Waals surface area contributed by atoms with Gasteiger partial charge in [-0.2, -0.15) is 5.10 Å². The van der Waals surface area contributed by atoms with Crippen molar-refractivity contribution in [1.29, 1.82) is 0 Å². The van der Waals surface area contributed by atoms with E-state index in [2.05, 4.69) is 10.5 Å². The molecule has 1 aromatic rings. The fourth-order valence-corrected chi connectivity index (χ4v) is 2.37. The van der Waals surface area contributed by atoms with Gasteiger partial charge in [0.05, 0.1) is 11.4 Å². The lowest BCUT2D eigenvalue weighted by Gasteiger charge is -2.30. The Labute approximate surface area is 116 Å². The third kappa shape index (κ3) is 2.03. The summed E-state index contributed by atoms with van der Waals surface area (Å²) in [7, 11) is 1.73. The van der Waals surface area contributed by atoms with Gasteiger partial charge in [0.2, 0.25) is 5.91 Å². The molecule has 3 rings (SSSR count). The number of likely N-dealkylation sites (N-methyl/N-ethyl adjacent to an activating group) is 1. The molecule has 104 valence electrons. The van der Waals surface area contributed by atoms with Crippen molar-refractivity contribution in [3.05, 3.63) is 23.8 Å². The molecule has 0 radical (unpaired) electrons. The predicted octanol–water partition coefficient (Wildman–Crippen LogP) is 1.04. The van der Waals surface area contributed by atoms with Gasteiger partial charge in [0, 0.05) is 25.5 Å². The van der Waals surface area contributed by atoms with E-state index in [1.807, 2.05) is 18.2 Å². The monoisotopic (exact) mass is 273 g/mol. The highest BCUT2D eigenvalue weighted by Crippen LogP contribution is 2.34. The van der Waals surface area contributed by atoms with Crippen LogP contribution in [0.1, 0.15) is 25.3 Å². The highest BCUT2D eigenvalue weighted by atomic mass is 16.5. The fraction of sp³-hybridized carbons (Fsp3) is 0.357. The van der Waals surface area contributed by atoms with Crippen molar-refractivity contribution in [1.82, 2.24) is 5.43 Å². The standard InChI is InChI=1S/C14H15N3O3/c1-8-14(19)17(2)11-7-9(3-5-12(11)20-8)10-4-6-13(18)16-15-10/h3,5,7-8H,4,6H2,1-2H3,(H,16,18). The average molecular weight is 273 g/mol. The molecular formula is C14H15N3O3. The van der Waals surface area contributed by atoms with Crippen LogP contribution in [0.15, 0.2) is 23.3 Å². The zero-order valence-corrected chi connectivity index (χ0v) is 11.3. The van der Waals surface area contributed by atoms with Crippen LogP contribution in [0.4, 0.5) is 5.69 Å². The maximum absolute atomic E-state index is 11.9. The number of nitrogens with one attached hydrogen (secondary N) is 1.